The number of pyridine rings is 2. The topological polar surface area (TPSA) is 25.4 Å². The summed E-state index contributed by atoms with van der Waals surface area (Å²) in [4.78, 5) is 12.4. The summed E-state index contributed by atoms with van der Waals surface area (Å²) < 4.78 is 4.13. The molecule has 0 aliphatic rings. The van der Waals surface area contributed by atoms with Gasteiger partial charge in [0.05, 0.1) is 5.52 Å². The van der Waals surface area contributed by atoms with E-state index in [-0.39, 0.29) is 29.5 Å². The molecule has 0 saturated carbocycles. The minimum Gasteiger partial charge on any atom is -1.00 e. The third kappa shape index (κ3) is 2.49. The van der Waals surface area contributed by atoms with E-state index in [4.69, 9.17) is 0 Å². The summed E-state index contributed by atoms with van der Waals surface area (Å²) in [6.45, 7) is 3.22. The summed E-state index contributed by atoms with van der Waals surface area (Å²) in [5.74, 6) is 0. The summed E-state index contributed by atoms with van der Waals surface area (Å²) in [6.07, 6.45) is 5.77. The van der Waals surface area contributed by atoms with Crippen molar-refractivity contribution in [2.45, 2.75) is 32.7 Å². The summed E-state index contributed by atoms with van der Waals surface area (Å²) in [7, 11) is 0. The van der Waals surface area contributed by atoms with Crippen LogP contribution in [-0.2, 0) is 6.54 Å². The van der Waals surface area contributed by atoms with Gasteiger partial charge in [-0.15, -0.1) is 0 Å². The molecule has 4 aromatic rings. The number of fused-ring (bicyclic) bond motifs is 3. The first kappa shape index (κ1) is 16.2. The Hall–Kier alpha value is -1.69. The number of rotatable bonds is 4. The van der Waals surface area contributed by atoms with E-state index in [0.29, 0.717) is 0 Å². The average Bonchev–Trinajstić information content (AvgIpc) is 2.88. The highest BCUT2D eigenvalue weighted by Crippen LogP contribution is 2.28. The van der Waals surface area contributed by atoms with Crippen LogP contribution in [0.2, 0.25) is 0 Å². The predicted octanol–water partition coefficient (Wildman–Crippen LogP) is 0.525. The Bertz CT molecular complexity index is 1020. The Morgan fingerprint density at radius 3 is 2.65 bits per heavy atom. The van der Waals surface area contributed by atoms with Gasteiger partial charge in [0.1, 0.15) is 12.1 Å². The average molecular weight is 418 g/mol. The van der Waals surface area contributed by atoms with E-state index in [1.807, 2.05) is 28.7 Å². The van der Waals surface area contributed by atoms with Crippen molar-refractivity contribution in [3.63, 3.8) is 0 Å². The van der Waals surface area contributed by atoms with E-state index in [2.05, 4.69) is 29.8 Å². The zero-order valence-electron chi connectivity index (χ0n) is 13.1. The number of benzene rings is 1. The van der Waals surface area contributed by atoms with Gasteiger partial charge in [0.25, 0.3) is 5.56 Å². The van der Waals surface area contributed by atoms with Crippen molar-refractivity contribution in [1.29, 1.82) is 0 Å². The summed E-state index contributed by atoms with van der Waals surface area (Å²) in [6, 6.07) is 13.9. The minimum atomic E-state index is 0. The number of aryl methyl sites for hydroxylation is 1. The molecule has 0 unspecified atom stereocenters. The Kier molecular flexibility index (Phi) is 4.53. The fourth-order valence-electron chi connectivity index (χ4n) is 3.42. The first-order valence-corrected chi connectivity index (χ1v) is 7.99. The standard InChI is InChI=1S/C19H19N2O.HI/c1-2-3-6-12-20-13-11-15-14-7-4-5-8-16(14)21-18(22)10-9-17(20)19(15)21;/h4-5,7-11,13H,2-3,6,12H2,1H3;1H/q+1;/p-1. The van der Waals surface area contributed by atoms with Crippen molar-refractivity contribution < 1.29 is 28.5 Å². The predicted molar refractivity (Wildman–Crippen MR) is 89.6 cm³/mol. The fourth-order valence-corrected chi connectivity index (χ4v) is 3.42. The SMILES string of the molecule is CCCCC[n+]1ccc2c3ccccc3n3c(=O)ccc1c23.[I-]. The molecule has 0 amide bonds. The number of halogens is 1. The molecule has 1 aromatic carbocycles. The highest BCUT2D eigenvalue weighted by molar-refractivity contribution is 6.11. The highest BCUT2D eigenvalue weighted by Gasteiger charge is 2.18. The molecule has 118 valence electrons. The van der Waals surface area contributed by atoms with Crippen LogP contribution in [-0.4, -0.2) is 4.40 Å². The Morgan fingerprint density at radius 1 is 1.00 bits per heavy atom. The fraction of sp³-hybridized carbons (Fsp3) is 0.263. The number of unbranched alkanes of at least 4 members (excludes halogenated alkanes) is 2. The van der Waals surface area contributed by atoms with Gasteiger partial charge in [-0.3, -0.25) is 9.20 Å². The molecule has 3 heterocycles. The lowest BCUT2D eigenvalue weighted by Crippen LogP contribution is -3.00. The zero-order valence-corrected chi connectivity index (χ0v) is 15.3. The van der Waals surface area contributed by atoms with Crippen LogP contribution in [0.25, 0.3) is 27.3 Å². The van der Waals surface area contributed by atoms with Gasteiger partial charge >= 0.3 is 0 Å². The monoisotopic (exact) mass is 418 g/mol. The number of aromatic nitrogens is 2. The largest absolute Gasteiger partial charge is 1.00 e. The minimum absolute atomic E-state index is 0. The van der Waals surface area contributed by atoms with Crippen LogP contribution < -0.4 is 34.1 Å². The number of para-hydroxylation sites is 1. The van der Waals surface area contributed by atoms with Gasteiger partial charge in [-0.1, -0.05) is 31.5 Å². The maximum Gasteiger partial charge on any atom is 0.256 e. The Labute approximate surface area is 151 Å². The second-order valence-corrected chi connectivity index (χ2v) is 5.89. The maximum atomic E-state index is 12.4. The van der Waals surface area contributed by atoms with Crippen LogP contribution in [0.4, 0.5) is 0 Å². The van der Waals surface area contributed by atoms with Crippen molar-refractivity contribution >= 4 is 27.3 Å². The molecule has 3 aromatic heterocycles. The number of nitrogens with zero attached hydrogens (tertiary/aromatic N) is 2. The molecule has 0 aliphatic heterocycles. The summed E-state index contributed by atoms with van der Waals surface area (Å²) >= 11 is 0. The van der Waals surface area contributed by atoms with E-state index in [1.165, 1.54) is 19.3 Å². The quantitative estimate of drug-likeness (QED) is 0.270. The van der Waals surface area contributed by atoms with E-state index in [9.17, 15) is 4.79 Å². The van der Waals surface area contributed by atoms with E-state index in [0.717, 1.165) is 33.9 Å². The molecule has 0 fully saturated rings. The van der Waals surface area contributed by atoms with Gasteiger partial charge in [0.15, 0.2) is 6.20 Å². The van der Waals surface area contributed by atoms with Crippen molar-refractivity contribution in [2.75, 3.05) is 0 Å². The molecule has 0 radical (unpaired) electrons. The molecule has 0 spiro atoms. The van der Waals surface area contributed by atoms with Crippen molar-refractivity contribution in [2.24, 2.45) is 0 Å². The molecule has 23 heavy (non-hydrogen) atoms. The molecule has 0 bridgehead atoms. The van der Waals surface area contributed by atoms with Crippen LogP contribution in [0, 0.1) is 0 Å². The smallest absolute Gasteiger partial charge is 0.256 e. The molecule has 4 heteroatoms. The summed E-state index contributed by atoms with van der Waals surface area (Å²) in [5, 5.41) is 2.31. The molecule has 0 N–H and O–H groups in total. The van der Waals surface area contributed by atoms with Gasteiger partial charge in [-0.25, -0.2) is 0 Å². The molecular weight excluding hydrogens is 399 g/mol. The lowest BCUT2D eigenvalue weighted by atomic mass is 10.1. The van der Waals surface area contributed by atoms with Crippen molar-refractivity contribution in [3.05, 3.63) is 59.0 Å². The normalized spacial score (nSPS) is 11.3. The van der Waals surface area contributed by atoms with Gasteiger partial charge in [0, 0.05) is 35.4 Å². The van der Waals surface area contributed by atoms with E-state index < -0.39 is 0 Å². The molecule has 4 rings (SSSR count). The van der Waals surface area contributed by atoms with Crippen LogP contribution in [0.1, 0.15) is 26.2 Å². The molecule has 0 aliphatic carbocycles. The molecule has 0 atom stereocenters. The molecule has 0 saturated heterocycles. The Morgan fingerprint density at radius 2 is 1.83 bits per heavy atom. The van der Waals surface area contributed by atoms with E-state index in [1.54, 1.807) is 6.07 Å². The van der Waals surface area contributed by atoms with Gasteiger partial charge < -0.3 is 24.0 Å². The first-order valence-electron chi connectivity index (χ1n) is 7.99. The van der Waals surface area contributed by atoms with Crippen LogP contribution >= 0.6 is 0 Å². The third-order valence-electron chi connectivity index (χ3n) is 4.49. The zero-order chi connectivity index (χ0) is 15.1. The van der Waals surface area contributed by atoms with Crippen LogP contribution in [0.15, 0.2) is 53.5 Å². The van der Waals surface area contributed by atoms with Gasteiger partial charge in [-0.05, 0) is 12.5 Å². The van der Waals surface area contributed by atoms with Crippen molar-refractivity contribution in [3.8, 4) is 0 Å². The molecular formula is C19H19IN2O. The van der Waals surface area contributed by atoms with Crippen LogP contribution in [0.5, 0.6) is 0 Å². The third-order valence-corrected chi connectivity index (χ3v) is 4.49. The van der Waals surface area contributed by atoms with Crippen molar-refractivity contribution in [1.82, 2.24) is 4.40 Å². The lowest BCUT2D eigenvalue weighted by molar-refractivity contribution is -0.671. The highest BCUT2D eigenvalue weighted by atomic mass is 127. The maximum absolute atomic E-state index is 12.4. The molecule has 3 nitrogen and oxygen atoms in total. The first-order chi connectivity index (χ1) is 10.8. The van der Waals surface area contributed by atoms with Gasteiger partial charge in [-0.2, -0.15) is 4.57 Å². The summed E-state index contributed by atoms with van der Waals surface area (Å²) in [5.41, 5.74) is 3.24. The van der Waals surface area contributed by atoms with E-state index >= 15 is 0 Å². The lowest BCUT2D eigenvalue weighted by Gasteiger charge is -2.02. The number of hydrogen-bond donors (Lipinski definition) is 0. The van der Waals surface area contributed by atoms with Gasteiger partial charge in [0.2, 0.25) is 5.52 Å². The second-order valence-electron chi connectivity index (χ2n) is 5.89. The van der Waals surface area contributed by atoms with Crippen LogP contribution in [0.3, 0.4) is 0 Å². The number of hydrogen-bond acceptors (Lipinski definition) is 1. The second kappa shape index (κ2) is 6.43. The Balaban J connectivity index is 0.00000156.